The molecule has 2 aromatic rings. The number of nitrogens with zero attached hydrogens (tertiary/aromatic N) is 2. The quantitative estimate of drug-likeness (QED) is 0.931. The molecule has 0 fully saturated rings. The Morgan fingerprint density at radius 2 is 2.25 bits per heavy atom. The Morgan fingerprint density at radius 3 is 2.85 bits per heavy atom. The number of hydrogen-bond acceptors (Lipinski definition) is 5. The Labute approximate surface area is 121 Å². The topological polar surface area (TPSA) is 96.0 Å². The molecular formula is C12H10ClN3O3S. The van der Waals surface area contributed by atoms with E-state index in [2.05, 4.69) is 9.71 Å². The number of nitrogens with one attached hydrogen (secondary N) is 1. The van der Waals surface area contributed by atoms with Crippen LogP contribution in [0.25, 0.3) is 0 Å². The second kappa shape index (κ2) is 5.63. The summed E-state index contributed by atoms with van der Waals surface area (Å²) in [7, 11) is -3.87. The number of aryl methyl sites for hydroxylation is 1. The first-order valence-electron chi connectivity index (χ1n) is 5.53. The van der Waals surface area contributed by atoms with E-state index >= 15 is 0 Å². The van der Waals surface area contributed by atoms with Crippen LogP contribution in [0.3, 0.4) is 0 Å². The van der Waals surface area contributed by atoms with Crippen LogP contribution in [0, 0.1) is 18.3 Å². The maximum absolute atomic E-state index is 12.2. The lowest BCUT2D eigenvalue weighted by Gasteiger charge is -2.07. The summed E-state index contributed by atoms with van der Waals surface area (Å²) >= 11 is 5.81. The van der Waals surface area contributed by atoms with Crippen molar-refractivity contribution in [3.05, 3.63) is 46.6 Å². The molecule has 0 atom stereocenters. The normalized spacial score (nSPS) is 11.2. The van der Waals surface area contributed by atoms with Gasteiger partial charge in [-0.15, -0.1) is 0 Å². The van der Waals surface area contributed by atoms with Gasteiger partial charge in [-0.25, -0.2) is 18.1 Å². The summed E-state index contributed by atoms with van der Waals surface area (Å²) in [4.78, 5) is 3.72. The average Bonchev–Trinajstić information content (AvgIpc) is 2.82. The highest BCUT2D eigenvalue weighted by Crippen LogP contribution is 2.23. The fraction of sp³-hybridized carbons (Fsp3) is 0.167. The van der Waals surface area contributed by atoms with Crippen LogP contribution in [0.2, 0.25) is 5.02 Å². The van der Waals surface area contributed by atoms with Gasteiger partial charge in [-0.05, 0) is 19.1 Å². The molecule has 0 radical (unpaired) electrons. The summed E-state index contributed by atoms with van der Waals surface area (Å²) in [5.41, 5.74) is -0.0924. The van der Waals surface area contributed by atoms with Crippen molar-refractivity contribution in [3.8, 4) is 6.07 Å². The number of benzene rings is 1. The number of rotatable bonds is 4. The average molecular weight is 312 g/mol. The lowest BCUT2D eigenvalue weighted by Crippen LogP contribution is -2.24. The lowest BCUT2D eigenvalue weighted by atomic mass is 10.2. The van der Waals surface area contributed by atoms with Gasteiger partial charge in [0.05, 0.1) is 23.3 Å². The molecule has 1 aromatic heterocycles. The fourth-order valence-corrected chi connectivity index (χ4v) is 2.98. The molecule has 1 heterocycles. The molecule has 2 rings (SSSR count). The minimum atomic E-state index is -3.87. The Hall–Kier alpha value is -1.88. The van der Waals surface area contributed by atoms with Gasteiger partial charge >= 0.3 is 0 Å². The lowest BCUT2D eigenvalue weighted by molar-refractivity contribution is 0.463. The molecular weight excluding hydrogens is 302 g/mol. The van der Waals surface area contributed by atoms with Crippen molar-refractivity contribution in [2.75, 3.05) is 0 Å². The van der Waals surface area contributed by atoms with Gasteiger partial charge in [0.25, 0.3) is 0 Å². The molecule has 104 valence electrons. The number of halogens is 1. The SMILES string of the molecule is Cc1cnc(CNS(=O)(=O)c2cccc(Cl)c2C#N)o1. The smallest absolute Gasteiger partial charge is 0.242 e. The molecule has 1 N–H and O–H groups in total. The second-order valence-electron chi connectivity index (χ2n) is 3.91. The fourth-order valence-electron chi connectivity index (χ4n) is 1.55. The second-order valence-corrected chi connectivity index (χ2v) is 6.06. The highest BCUT2D eigenvalue weighted by atomic mass is 35.5. The van der Waals surface area contributed by atoms with Crippen LogP contribution in [-0.4, -0.2) is 13.4 Å². The first kappa shape index (κ1) is 14.5. The summed E-state index contributed by atoms with van der Waals surface area (Å²) in [5.74, 6) is 0.825. The molecule has 1 aromatic carbocycles. The van der Waals surface area contributed by atoms with E-state index in [4.69, 9.17) is 21.3 Å². The minimum Gasteiger partial charge on any atom is -0.445 e. The van der Waals surface area contributed by atoms with Crippen LogP contribution in [0.5, 0.6) is 0 Å². The van der Waals surface area contributed by atoms with E-state index in [0.29, 0.717) is 5.76 Å². The zero-order chi connectivity index (χ0) is 14.8. The number of sulfonamides is 1. The summed E-state index contributed by atoms with van der Waals surface area (Å²) in [5, 5.41) is 9.08. The molecule has 0 aliphatic rings. The first-order valence-corrected chi connectivity index (χ1v) is 7.40. The number of aromatic nitrogens is 1. The van der Waals surface area contributed by atoms with Crippen molar-refractivity contribution in [1.29, 1.82) is 5.26 Å². The summed E-state index contributed by atoms with van der Waals surface area (Å²) in [6.45, 7) is 1.60. The third-order valence-electron chi connectivity index (χ3n) is 2.46. The summed E-state index contributed by atoms with van der Waals surface area (Å²) < 4.78 is 31.8. The van der Waals surface area contributed by atoms with Crippen LogP contribution in [-0.2, 0) is 16.6 Å². The highest BCUT2D eigenvalue weighted by Gasteiger charge is 2.20. The van der Waals surface area contributed by atoms with E-state index in [0.717, 1.165) is 0 Å². The van der Waals surface area contributed by atoms with Crippen molar-refractivity contribution in [1.82, 2.24) is 9.71 Å². The van der Waals surface area contributed by atoms with Gasteiger partial charge in [-0.1, -0.05) is 17.7 Å². The van der Waals surface area contributed by atoms with Gasteiger partial charge in [0, 0.05) is 0 Å². The van der Waals surface area contributed by atoms with Gasteiger partial charge in [0.15, 0.2) is 0 Å². The largest absolute Gasteiger partial charge is 0.445 e. The molecule has 0 aliphatic heterocycles. The zero-order valence-corrected chi connectivity index (χ0v) is 12.0. The van der Waals surface area contributed by atoms with E-state index in [-0.39, 0.29) is 27.9 Å². The molecule has 6 nitrogen and oxygen atoms in total. The van der Waals surface area contributed by atoms with Crippen molar-refractivity contribution >= 4 is 21.6 Å². The number of hydrogen-bond donors (Lipinski definition) is 1. The van der Waals surface area contributed by atoms with E-state index < -0.39 is 10.0 Å². The number of nitriles is 1. The predicted octanol–water partition coefficient (Wildman–Crippen LogP) is 1.99. The maximum Gasteiger partial charge on any atom is 0.242 e. The third-order valence-corrected chi connectivity index (χ3v) is 4.22. The van der Waals surface area contributed by atoms with Crippen LogP contribution < -0.4 is 4.72 Å². The van der Waals surface area contributed by atoms with Crippen molar-refractivity contribution in [2.45, 2.75) is 18.4 Å². The van der Waals surface area contributed by atoms with Crippen LogP contribution >= 0.6 is 11.6 Å². The van der Waals surface area contributed by atoms with Crippen molar-refractivity contribution in [2.24, 2.45) is 0 Å². The molecule has 0 saturated heterocycles. The maximum atomic E-state index is 12.2. The molecule has 20 heavy (non-hydrogen) atoms. The Kier molecular flexibility index (Phi) is 4.09. The van der Waals surface area contributed by atoms with E-state index in [1.165, 1.54) is 24.4 Å². The molecule has 0 bridgehead atoms. The Bertz CT molecular complexity index is 777. The molecule has 0 aliphatic carbocycles. The molecule has 0 spiro atoms. The summed E-state index contributed by atoms with van der Waals surface area (Å²) in [6.07, 6.45) is 1.49. The van der Waals surface area contributed by atoms with Crippen molar-refractivity contribution in [3.63, 3.8) is 0 Å². The van der Waals surface area contributed by atoms with E-state index in [1.807, 2.05) is 0 Å². The Morgan fingerprint density at radius 1 is 1.50 bits per heavy atom. The van der Waals surface area contributed by atoms with Gasteiger partial charge in [-0.3, -0.25) is 0 Å². The number of oxazole rings is 1. The van der Waals surface area contributed by atoms with Crippen molar-refractivity contribution < 1.29 is 12.8 Å². The zero-order valence-electron chi connectivity index (χ0n) is 10.4. The third kappa shape index (κ3) is 2.99. The minimum absolute atomic E-state index is 0.0855. The standard InChI is InChI=1S/C12H10ClN3O3S/c1-8-6-15-12(19-8)7-16-20(17,18)11-4-2-3-10(13)9(11)5-14/h2-4,6,16H,7H2,1H3. The molecule has 0 unspecified atom stereocenters. The van der Waals surface area contributed by atoms with Crippen LogP contribution in [0.4, 0.5) is 0 Å². The highest BCUT2D eigenvalue weighted by molar-refractivity contribution is 7.89. The monoisotopic (exact) mass is 311 g/mol. The van der Waals surface area contributed by atoms with Crippen LogP contribution in [0.15, 0.2) is 33.7 Å². The Balaban J connectivity index is 2.27. The van der Waals surface area contributed by atoms with Gasteiger partial charge < -0.3 is 4.42 Å². The molecule has 0 amide bonds. The van der Waals surface area contributed by atoms with E-state index in [9.17, 15) is 8.42 Å². The van der Waals surface area contributed by atoms with Gasteiger partial charge in [0.2, 0.25) is 15.9 Å². The predicted molar refractivity (Wildman–Crippen MR) is 71.4 cm³/mol. The van der Waals surface area contributed by atoms with Crippen LogP contribution in [0.1, 0.15) is 17.2 Å². The molecule has 8 heteroatoms. The van der Waals surface area contributed by atoms with Gasteiger partial charge in [0.1, 0.15) is 16.7 Å². The van der Waals surface area contributed by atoms with E-state index in [1.54, 1.807) is 13.0 Å². The summed E-state index contributed by atoms with van der Waals surface area (Å²) in [6, 6.07) is 6.02. The van der Waals surface area contributed by atoms with Gasteiger partial charge in [-0.2, -0.15) is 5.26 Å². The first-order chi connectivity index (χ1) is 9.44. The molecule has 0 saturated carbocycles.